The van der Waals surface area contributed by atoms with E-state index in [0.29, 0.717) is 15.7 Å². The highest BCUT2D eigenvalue weighted by molar-refractivity contribution is 9.10. The molecule has 0 aliphatic rings. The van der Waals surface area contributed by atoms with Gasteiger partial charge < -0.3 is 9.15 Å². The zero-order valence-corrected chi connectivity index (χ0v) is 23.1. The number of rotatable bonds is 8. The van der Waals surface area contributed by atoms with Crippen molar-refractivity contribution >= 4 is 43.5 Å². The Labute approximate surface area is 221 Å². The number of halogens is 1. The fourth-order valence-corrected chi connectivity index (χ4v) is 5.00. The number of carbonyl (C=O) groups is 1. The number of sulfone groups is 1. The smallest absolute Gasteiger partial charge is 0.360 e. The molecule has 188 valence electrons. The molecule has 0 aliphatic carbocycles. The van der Waals surface area contributed by atoms with E-state index in [1.54, 1.807) is 16.8 Å². The summed E-state index contributed by atoms with van der Waals surface area (Å²) in [5.74, 6) is -0.0348. The summed E-state index contributed by atoms with van der Waals surface area (Å²) in [6.45, 7) is 4.12. The Hall–Kier alpha value is -2.96. The van der Waals surface area contributed by atoms with Crippen LogP contribution in [-0.2, 0) is 14.6 Å². The summed E-state index contributed by atoms with van der Waals surface area (Å²) in [7, 11) is -3.42. The molecule has 2 heterocycles. The number of para-hydroxylation sites is 1. The maximum atomic E-state index is 12.8. The molecule has 0 saturated carbocycles. The van der Waals surface area contributed by atoms with Crippen LogP contribution in [0.4, 0.5) is 0 Å². The van der Waals surface area contributed by atoms with Gasteiger partial charge in [0.15, 0.2) is 15.5 Å². The van der Waals surface area contributed by atoms with Gasteiger partial charge in [0.05, 0.1) is 15.1 Å². The molecule has 4 rings (SSSR count). The standard InChI is InChI=1S/C24H23BrN4O5S2/c1-14(2)17-10-5-6-11-18(17)29-21(19(25)20(28-29)24(30)33-13-35-3)23-27-26-22(34-23)15-8-7-9-16(12-15)36(4,31)32/h5-12,14H,13H2,1-4H3. The van der Waals surface area contributed by atoms with E-state index in [4.69, 9.17) is 9.15 Å². The largest absolute Gasteiger partial charge is 0.450 e. The van der Waals surface area contributed by atoms with Gasteiger partial charge in [-0.25, -0.2) is 17.9 Å². The van der Waals surface area contributed by atoms with E-state index >= 15 is 0 Å². The summed E-state index contributed by atoms with van der Waals surface area (Å²) >= 11 is 4.86. The first-order valence-corrected chi connectivity index (χ1v) is 14.9. The zero-order valence-electron chi connectivity index (χ0n) is 19.9. The number of hydrogen-bond donors (Lipinski definition) is 0. The molecule has 2 aromatic heterocycles. The van der Waals surface area contributed by atoms with E-state index in [-0.39, 0.29) is 34.2 Å². The average molecular weight is 592 g/mol. The van der Waals surface area contributed by atoms with Gasteiger partial charge in [-0.2, -0.15) is 5.10 Å². The molecule has 0 spiro atoms. The number of benzene rings is 2. The second-order valence-electron chi connectivity index (χ2n) is 8.19. The van der Waals surface area contributed by atoms with E-state index in [0.717, 1.165) is 17.5 Å². The minimum atomic E-state index is -3.42. The van der Waals surface area contributed by atoms with Crippen molar-refractivity contribution in [3.63, 3.8) is 0 Å². The van der Waals surface area contributed by atoms with Crippen molar-refractivity contribution in [3.8, 4) is 28.7 Å². The van der Waals surface area contributed by atoms with Crippen LogP contribution in [0.2, 0.25) is 0 Å². The minimum absolute atomic E-state index is 0.0661. The van der Waals surface area contributed by atoms with Crippen LogP contribution in [0.5, 0.6) is 0 Å². The van der Waals surface area contributed by atoms with Crippen molar-refractivity contribution in [2.75, 3.05) is 18.5 Å². The highest BCUT2D eigenvalue weighted by Gasteiger charge is 2.29. The third-order valence-electron chi connectivity index (χ3n) is 5.25. The number of esters is 1. The van der Waals surface area contributed by atoms with Crippen molar-refractivity contribution < 1.29 is 22.4 Å². The van der Waals surface area contributed by atoms with E-state index in [1.807, 2.05) is 30.5 Å². The average Bonchev–Trinajstić information content (AvgIpc) is 3.46. The topological polar surface area (TPSA) is 117 Å². The Balaban J connectivity index is 1.88. The van der Waals surface area contributed by atoms with Gasteiger partial charge >= 0.3 is 5.97 Å². The molecule has 0 atom stereocenters. The van der Waals surface area contributed by atoms with Crippen LogP contribution in [0.25, 0.3) is 28.7 Å². The Morgan fingerprint density at radius 3 is 2.56 bits per heavy atom. The molecule has 0 unspecified atom stereocenters. The lowest BCUT2D eigenvalue weighted by Crippen LogP contribution is -2.08. The Morgan fingerprint density at radius 2 is 1.86 bits per heavy atom. The molecule has 0 saturated heterocycles. The van der Waals surface area contributed by atoms with E-state index in [2.05, 4.69) is 45.1 Å². The predicted molar refractivity (Wildman–Crippen MR) is 141 cm³/mol. The SMILES string of the molecule is CSCOC(=O)c1nn(-c2ccccc2C(C)C)c(-c2nnc(-c3cccc(S(C)(=O)=O)c3)o2)c1Br. The molecule has 0 aliphatic heterocycles. The van der Waals surface area contributed by atoms with Crippen molar-refractivity contribution in [1.82, 2.24) is 20.0 Å². The quantitative estimate of drug-likeness (QED) is 0.197. The van der Waals surface area contributed by atoms with Gasteiger partial charge in [0, 0.05) is 11.8 Å². The van der Waals surface area contributed by atoms with E-state index in [1.165, 1.54) is 23.9 Å². The molecule has 0 amide bonds. The third-order valence-corrected chi connectivity index (χ3v) is 7.47. The lowest BCUT2D eigenvalue weighted by molar-refractivity contribution is 0.0571. The van der Waals surface area contributed by atoms with Crippen LogP contribution in [0.15, 0.2) is 62.3 Å². The number of ether oxygens (including phenoxy) is 1. The van der Waals surface area contributed by atoms with Crippen molar-refractivity contribution in [3.05, 3.63) is 64.3 Å². The molecule has 4 aromatic rings. The summed E-state index contributed by atoms with van der Waals surface area (Å²) in [4.78, 5) is 12.9. The molecule has 2 aromatic carbocycles. The van der Waals surface area contributed by atoms with Crippen molar-refractivity contribution in [2.45, 2.75) is 24.7 Å². The van der Waals surface area contributed by atoms with Crippen LogP contribution in [0.1, 0.15) is 35.8 Å². The highest BCUT2D eigenvalue weighted by Crippen LogP contribution is 2.36. The fourth-order valence-electron chi connectivity index (χ4n) is 3.53. The maximum absolute atomic E-state index is 12.8. The van der Waals surface area contributed by atoms with Gasteiger partial charge in [-0.15, -0.1) is 22.0 Å². The first-order chi connectivity index (χ1) is 17.1. The van der Waals surface area contributed by atoms with Gasteiger partial charge in [0.1, 0.15) is 11.6 Å². The Morgan fingerprint density at radius 1 is 1.14 bits per heavy atom. The number of nitrogens with zero attached hydrogens (tertiary/aromatic N) is 4. The second-order valence-corrected chi connectivity index (χ2v) is 11.8. The minimum Gasteiger partial charge on any atom is -0.450 e. The molecule has 9 nitrogen and oxygen atoms in total. The summed E-state index contributed by atoms with van der Waals surface area (Å²) < 4.78 is 37.2. The monoisotopic (exact) mass is 590 g/mol. The van der Waals surface area contributed by atoms with Crippen LogP contribution >= 0.6 is 27.7 Å². The summed E-state index contributed by atoms with van der Waals surface area (Å²) in [6.07, 6.45) is 2.95. The summed E-state index contributed by atoms with van der Waals surface area (Å²) in [6, 6.07) is 13.9. The molecule has 0 bridgehead atoms. The maximum Gasteiger partial charge on any atom is 0.360 e. The highest BCUT2D eigenvalue weighted by atomic mass is 79.9. The van der Waals surface area contributed by atoms with Gasteiger partial charge in [0.2, 0.25) is 5.89 Å². The van der Waals surface area contributed by atoms with Crippen molar-refractivity contribution in [1.29, 1.82) is 0 Å². The third kappa shape index (κ3) is 5.25. The molecular formula is C24H23BrN4O5S2. The van der Waals surface area contributed by atoms with Gasteiger partial charge in [0.25, 0.3) is 5.89 Å². The summed E-state index contributed by atoms with van der Waals surface area (Å²) in [5.41, 5.74) is 2.62. The van der Waals surface area contributed by atoms with Crippen LogP contribution in [0.3, 0.4) is 0 Å². The van der Waals surface area contributed by atoms with Crippen LogP contribution in [0, 0.1) is 0 Å². The fraction of sp³-hybridized carbons (Fsp3) is 0.250. The second kappa shape index (κ2) is 10.6. The van der Waals surface area contributed by atoms with Crippen LogP contribution < -0.4 is 0 Å². The zero-order chi connectivity index (χ0) is 26.0. The molecule has 0 N–H and O–H groups in total. The van der Waals surface area contributed by atoms with Crippen molar-refractivity contribution in [2.24, 2.45) is 0 Å². The van der Waals surface area contributed by atoms with E-state index in [9.17, 15) is 13.2 Å². The number of hydrogen-bond acceptors (Lipinski definition) is 9. The molecule has 0 fully saturated rings. The van der Waals surface area contributed by atoms with Gasteiger partial charge in [-0.05, 0) is 57.9 Å². The molecule has 12 heteroatoms. The Bertz CT molecular complexity index is 1530. The normalized spacial score (nSPS) is 11.7. The van der Waals surface area contributed by atoms with E-state index < -0.39 is 15.8 Å². The van der Waals surface area contributed by atoms with Gasteiger partial charge in [-0.1, -0.05) is 38.1 Å². The molecule has 0 radical (unpaired) electrons. The number of thioether (sulfide) groups is 1. The molecular weight excluding hydrogens is 568 g/mol. The Kier molecular flexibility index (Phi) is 7.67. The van der Waals surface area contributed by atoms with Crippen LogP contribution in [-0.4, -0.2) is 52.8 Å². The lowest BCUT2D eigenvalue weighted by atomic mass is 10.0. The lowest BCUT2D eigenvalue weighted by Gasteiger charge is -2.14. The predicted octanol–water partition coefficient (Wildman–Crippen LogP) is 5.36. The first-order valence-electron chi connectivity index (χ1n) is 10.8. The number of carbonyl (C=O) groups excluding carboxylic acids is 1. The molecule has 36 heavy (non-hydrogen) atoms. The number of aromatic nitrogens is 4. The summed E-state index contributed by atoms with van der Waals surface area (Å²) in [5, 5.41) is 12.9. The van der Waals surface area contributed by atoms with Gasteiger partial charge in [-0.3, -0.25) is 0 Å². The first kappa shape index (κ1) is 26.1.